The van der Waals surface area contributed by atoms with E-state index in [1.807, 2.05) is 12.1 Å². The molecule has 4 aromatic rings. The monoisotopic (exact) mass is 561 g/mol. The fourth-order valence-electron chi connectivity index (χ4n) is 4.44. The van der Waals surface area contributed by atoms with Gasteiger partial charge in [0.2, 0.25) is 0 Å². The van der Waals surface area contributed by atoms with Gasteiger partial charge in [-0.25, -0.2) is 8.42 Å². The number of ether oxygens (including phenoxy) is 3. The van der Waals surface area contributed by atoms with Gasteiger partial charge in [0.25, 0.3) is 0 Å². The lowest BCUT2D eigenvalue weighted by atomic mass is 9.99. The van der Waals surface area contributed by atoms with Crippen molar-refractivity contribution in [2.24, 2.45) is 7.05 Å². The molecule has 0 N–H and O–H groups in total. The fourth-order valence-corrected chi connectivity index (χ4v) is 5.88. The highest BCUT2D eigenvalue weighted by atomic mass is 32.2. The minimum absolute atomic E-state index is 0.102. The number of hydrogen-bond donors (Lipinski definition) is 0. The van der Waals surface area contributed by atoms with E-state index in [1.54, 1.807) is 52.8 Å². The van der Waals surface area contributed by atoms with Gasteiger partial charge in [-0.2, -0.15) is 15.6 Å². The van der Waals surface area contributed by atoms with Gasteiger partial charge in [-0.1, -0.05) is 12.1 Å². The summed E-state index contributed by atoms with van der Waals surface area (Å²) < 4.78 is 47.7. The summed E-state index contributed by atoms with van der Waals surface area (Å²) in [5.74, 6) is 0.699. The van der Waals surface area contributed by atoms with Crippen molar-refractivity contribution in [2.45, 2.75) is 24.0 Å². The first-order valence-corrected chi connectivity index (χ1v) is 13.7. The van der Waals surface area contributed by atoms with Crippen LogP contribution in [0.2, 0.25) is 0 Å². The zero-order valence-corrected chi connectivity index (χ0v) is 23.4. The molecular formula is C27H27N7O5S. The van der Waals surface area contributed by atoms with Gasteiger partial charge >= 0.3 is 0 Å². The minimum atomic E-state index is -3.98. The first-order valence-electron chi connectivity index (χ1n) is 12.0. The molecule has 2 heterocycles. The van der Waals surface area contributed by atoms with Gasteiger partial charge in [-0.3, -0.25) is 9.25 Å². The van der Waals surface area contributed by atoms with Crippen LogP contribution in [0, 0.1) is 22.7 Å². The number of sulfone groups is 1. The van der Waals surface area contributed by atoms with E-state index in [-0.39, 0.29) is 17.0 Å². The molecule has 0 aliphatic carbocycles. The van der Waals surface area contributed by atoms with Crippen molar-refractivity contribution in [1.82, 2.24) is 24.5 Å². The summed E-state index contributed by atoms with van der Waals surface area (Å²) in [6.07, 6.45) is 0.750. The molecule has 0 radical (unpaired) electrons. The van der Waals surface area contributed by atoms with E-state index in [4.69, 9.17) is 14.2 Å². The zero-order chi connectivity index (χ0) is 29.0. The third kappa shape index (κ3) is 5.25. The predicted octanol–water partition coefficient (Wildman–Crippen LogP) is 3.12. The van der Waals surface area contributed by atoms with E-state index in [0.29, 0.717) is 34.3 Å². The van der Waals surface area contributed by atoms with Gasteiger partial charge in [0.1, 0.15) is 28.6 Å². The van der Waals surface area contributed by atoms with E-state index < -0.39 is 26.9 Å². The highest BCUT2D eigenvalue weighted by Gasteiger charge is 2.35. The Labute approximate surface area is 231 Å². The van der Waals surface area contributed by atoms with Crippen molar-refractivity contribution in [3.05, 3.63) is 71.2 Å². The van der Waals surface area contributed by atoms with Gasteiger partial charge in [0, 0.05) is 20.4 Å². The molecule has 0 aliphatic heterocycles. The Morgan fingerprint density at radius 2 is 1.70 bits per heavy atom. The Morgan fingerprint density at radius 3 is 2.25 bits per heavy atom. The van der Waals surface area contributed by atoms with E-state index in [9.17, 15) is 18.9 Å². The van der Waals surface area contributed by atoms with Gasteiger partial charge < -0.3 is 14.2 Å². The number of aryl methyl sites for hydroxylation is 1. The Morgan fingerprint density at radius 1 is 1.00 bits per heavy atom. The normalized spacial score (nSPS) is 12.8. The second kappa shape index (κ2) is 11.6. The number of rotatable bonds is 10. The topological polar surface area (TPSA) is 158 Å². The van der Waals surface area contributed by atoms with Crippen molar-refractivity contribution in [1.29, 1.82) is 10.5 Å². The van der Waals surface area contributed by atoms with E-state index >= 15 is 0 Å². The number of para-hydroxylation sites is 1. The number of hydrogen-bond acceptors (Lipinski definition) is 10. The maximum Gasteiger partial charge on any atom is 0.189 e. The minimum Gasteiger partial charge on any atom is -0.494 e. The number of methoxy groups -OCH3 is 3. The first-order chi connectivity index (χ1) is 19.2. The third-order valence-corrected chi connectivity index (χ3v) is 8.53. The second-order valence-electron chi connectivity index (χ2n) is 8.86. The van der Waals surface area contributed by atoms with Crippen LogP contribution >= 0.6 is 0 Å². The third-order valence-electron chi connectivity index (χ3n) is 6.48. The first kappa shape index (κ1) is 28.3. The molecule has 0 saturated heterocycles. The molecule has 0 unspecified atom stereocenters. The average molecular weight is 562 g/mol. The number of benzene rings is 2. The Hall–Kier alpha value is -4.72. The van der Waals surface area contributed by atoms with Crippen LogP contribution < -0.4 is 9.47 Å². The van der Waals surface area contributed by atoms with Gasteiger partial charge in [0.15, 0.2) is 21.5 Å². The highest BCUT2D eigenvalue weighted by Crippen LogP contribution is 2.37. The summed E-state index contributed by atoms with van der Waals surface area (Å²) in [5, 5.41) is 30.7. The lowest BCUT2D eigenvalue weighted by Crippen LogP contribution is -2.29. The van der Waals surface area contributed by atoms with Gasteiger partial charge in [-0.05, 0) is 42.8 Å². The number of aromatic nitrogens is 5. The largest absolute Gasteiger partial charge is 0.494 e. The summed E-state index contributed by atoms with van der Waals surface area (Å²) >= 11 is 0. The quantitative estimate of drug-likeness (QED) is 0.282. The van der Waals surface area contributed by atoms with Gasteiger partial charge in [-0.15, -0.1) is 10.2 Å². The molecule has 0 spiro atoms. The van der Waals surface area contributed by atoms with Crippen molar-refractivity contribution in [3.8, 4) is 40.8 Å². The molecule has 4 rings (SSSR count). The van der Waals surface area contributed by atoms with E-state index in [2.05, 4.69) is 15.3 Å². The number of nitriles is 2. The van der Waals surface area contributed by atoms with Crippen LogP contribution in [0.3, 0.4) is 0 Å². The van der Waals surface area contributed by atoms with Crippen LogP contribution in [0.1, 0.15) is 35.5 Å². The maximum absolute atomic E-state index is 13.9. The lowest BCUT2D eigenvalue weighted by Gasteiger charge is -2.24. The average Bonchev–Trinajstić information content (AvgIpc) is 3.58. The summed E-state index contributed by atoms with van der Waals surface area (Å²) in [4.78, 5) is 0. The lowest BCUT2D eigenvalue weighted by molar-refractivity contribution is 0.102. The van der Waals surface area contributed by atoms with Crippen LogP contribution in [0.15, 0.2) is 48.7 Å². The molecule has 2 atom stereocenters. The van der Waals surface area contributed by atoms with Crippen molar-refractivity contribution in [3.63, 3.8) is 0 Å². The van der Waals surface area contributed by atoms with E-state index in [1.165, 1.54) is 40.4 Å². The molecule has 0 fully saturated rings. The Kier molecular flexibility index (Phi) is 8.18. The predicted molar refractivity (Wildman–Crippen MR) is 144 cm³/mol. The molecule has 206 valence electrons. The summed E-state index contributed by atoms with van der Waals surface area (Å²) in [7, 11) is 2.14. The van der Waals surface area contributed by atoms with Crippen LogP contribution in [0.4, 0.5) is 0 Å². The smallest absolute Gasteiger partial charge is 0.189 e. The molecule has 12 nitrogen and oxygen atoms in total. The van der Waals surface area contributed by atoms with Crippen LogP contribution in [-0.4, -0.2) is 59.5 Å². The maximum atomic E-state index is 13.9. The van der Waals surface area contributed by atoms with Crippen LogP contribution in [0.5, 0.6) is 11.5 Å². The fraction of sp³-hybridized carbons (Fsp3) is 0.296. The van der Waals surface area contributed by atoms with Crippen LogP contribution in [-0.2, 0) is 27.4 Å². The highest BCUT2D eigenvalue weighted by molar-refractivity contribution is 7.91. The van der Waals surface area contributed by atoms with E-state index in [0.717, 1.165) is 0 Å². The molecule has 0 aliphatic rings. The molecule has 13 heteroatoms. The van der Waals surface area contributed by atoms with Crippen molar-refractivity contribution < 1.29 is 22.6 Å². The van der Waals surface area contributed by atoms with Gasteiger partial charge in [0.05, 0.1) is 48.8 Å². The molecular weight excluding hydrogens is 534 g/mol. The second-order valence-corrected chi connectivity index (χ2v) is 11.2. The molecule has 0 saturated carbocycles. The summed E-state index contributed by atoms with van der Waals surface area (Å²) in [6.45, 7) is 1.51. The molecule has 0 bridgehead atoms. The Balaban J connectivity index is 1.83. The summed E-state index contributed by atoms with van der Waals surface area (Å²) in [6, 6.07) is 15.4. The van der Waals surface area contributed by atoms with Crippen LogP contribution in [0.25, 0.3) is 17.2 Å². The van der Waals surface area contributed by atoms with Crippen molar-refractivity contribution >= 4 is 9.84 Å². The zero-order valence-electron chi connectivity index (χ0n) is 22.6. The summed E-state index contributed by atoms with van der Waals surface area (Å²) in [5.41, 5.74) is 1.69. The number of nitrogens with zero attached hydrogens (tertiary/aromatic N) is 7. The van der Waals surface area contributed by atoms with Crippen molar-refractivity contribution in [2.75, 3.05) is 21.3 Å². The standard InChI is InChI=1S/C27H27N7O5S/c1-17(26(39-5)20-10-9-18(14-28)13-19(20)15-29)40(35,36)16-24-30-31-27(21-11-12-33(2)32-21)34(24)25-22(37-3)7-6-8-23(25)38-4/h6-13,17,26H,16H2,1-5H3/t17-,26-/m1/s1. The molecule has 0 amide bonds. The molecule has 40 heavy (non-hydrogen) atoms. The molecule has 2 aromatic heterocycles. The SMILES string of the molecule is COc1cccc(OC)c1-n1c(CS(=O)(=O)[C@H](C)[C@@H](OC)c2ccc(C#N)cc2C#N)nnc1-c1ccn(C)n1. The Bertz CT molecular complexity index is 1710. The molecule has 2 aromatic carbocycles.